The van der Waals surface area contributed by atoms with Gasteiger partial charge in [0.05, 0.1) is 10.9 Å². The van der Waals surface area contributed by atoms with Crippen molar-refractivity contribution in [3.8, 4) is 5.75 Å². The highest BCUT2D eigenvalue weighted by Gasteiger charge is 2.24. The number of fused-ring (bicyclic) bond motifs is 1. The maximum absolute atomic E-state index is 12.6. The van der Waals surface area contributed by atoms with Crippen molar-refractivity contribution in [3.63, 3.8) is 0 Å². The summed E-state index contributed by atoms with van der Waals surface area (Å²) in [5, 5.41) is 11.3. The number of aromatic hydroxyl groups is 1. The van der Waals surface area contributed by atoms with Gasteiger partial charge in [-0.3, -0.25) is 0 Å². The van der Waals surface area contributed by atoms with Crippen LogP contribution in [0.15, 0.2) is 57.7 Å². The molecule has 3 rings (SSSR count). The Hall–Kier alpha value is -2.26. The highest BCUT2D eigenvalue weighted by Crippen LogP contribution is 2.36. The highest BCUT2D eigenvalue weighted by atomic mass is 35.5. The second kappa shape index (κ2) is 7.75. The van der Waals surface area contributed by atoms with E-state index in [-0.39, 0.29) is 11.7 Å². The molecule has 0 bridgehead atoms. The average Bonchev–Trinajstić information content (AvgIpc) is 2.62. The third kappa shape index (κ3) is 3.57. The maximum Gasteiger partial charge on any atom is 0.343 e. The minimum Gasteiger partial charge on any atom is -0.507 e. The zero-order valence-electron chi connectivity index (χ0n) is 14.2. The number of aryl methyl sites for hydroxylation is 1. The molecule has 1 N–H and O–H groups in total. The summed E-state index contributed by atoms with van der Waals surface area (Å²) in [4.78, 5) is 12.6. The molecule has 0 spiro atoms. The number of alkyl halides is 1. The molecular weight excluding hydrogens is 336 g/mol. The molecule has 1 unspecified atom stereocenters. The third-order valence-corrected chi connectivity index (χ3v) is 4.70. The van der Waals surface area contributed by atoms with Gasteiger partial charge in [-0.1, -0.05) is 49.7 Å². The van der Waals surface area contributed by atoms with Gasteiger partial charge in [-0.25, -0.2) is 4.79 Å². The Kier molecular flexibility index (Phi) is 5.44. The second-order valence-electron chi connectivity index (χ2n) is 6.17. The van der Waals surface area contributed by atoms with E-state index < -0.39 is 5.63 Å². The molecule has 1 atom stereocenters. The molecule has 0 aliphatic carbocycles. The summed E-state index contributed by atoms with van der Waals surface area (Å²) in [5.41, 5.74) is 2.42. The molecule has 0 fully saturated rings. The summed E-state index contributed by atoms with van der Waals surface area (Å²) in [6, 6.07) is 15.1. The standard InChI is InChI=1S/C21H21ClO3/c1-2-5-16(15-10-8-14(9-11-15)12-13-22)19-20(23)17-6-3-4-7-18(17)25-21(19)24/h3-4,6-11,16,23H,2,5,12-13H2,1H3. The predicted octanol–water partition coefficient (Wildman–Crippen LogP) is 5.21. The van der Waals surface area contributed by atoms with Crippen LogP contribution < -0.4 is 5.63 Å². The molecule has 0 amide bonds. The van der Waals surface area contributed by atoms with E-state index >= 15 is 0 Å². The zero-order chi connectivity index (χ0) is 17.8. The first kappa shape index (κ1) is 17.6. The molecule has 4 heteroatoms. The number of hydrogen-bond acceptors (Lipinski definition) is 3. The normalized spacial score (nSPS) is 12.4. The summed E-state index contributed by atoms with van der Waals surface area (Å²) < 4.78 is 5.45. The van der Waals surface area contributed by atoms with E-state index in [0.717, 1.165) is 30.4 Å². The van der Waals surface area contributed by atoms with Gasteiger partial charge in [-0.2, -0.15) is 0 Å². The number of halogens is 1. The van der Waals surface area contributed by atoms with E-state index in [4.69, 9.17) is 16.0 Å². The lowest BCUT2D eigenvalue weighted by molar-refractivity contribution is 0.448. The Balaban J connectivity index is 2.12. The fraction of sp³-hybridized carbons (Fsp3) is 0.286. The Bertz CT molecular complexity index is 913. The molecule has 2 aromatic carbocycles. The van der Waals surface area contributed by atoms with Crippen molar-refractivity contribution in [1.29, 1.82) is 0 Å². The molecule has 25 heavy (non-hydrogen) atoms. The first-order valence-corrected chi connectivity index (χ1v) is 9.08. The fourth-order valence-electron chi connectivity index (χ4n) is 3.25. The summed E-state index contributed by atoms with van der Waals surface area (Å²) in [6.07, 6.45) is 2.45. The first-order valence-electron chi connectivity index (χ1n) is 8.55. The molecule has 1 heterocycles. The topological polar surface area (TPSA) is 50.4 Å². The molecule has 130 valence electrons. The summed E-state index contributed by atoms with van der Waals surface area (Å²) in [7, 11) is 0. The van der Waals surface area contributed by atoms with Gasteiger partial charge in [0, 0.05) is 11.8 Å². The van der Waals surface area contributed by atoms with Gasteiger partial charge in [0.2, 0.25) is 0 Å². The van der Waals surface area contributed by atoms with Gasteiger partial charge in [0.1, 0.15) is 11.3 Å². The van der Waals surface area contributed by atoms with Crippen LogP contribution in [-0.2, 0) is 6.42 Å². The number of para-hydroxylation sites is 1. The lowest BCUT2D eigenvalue weighted by Gasteiger charge is -2.18. The van der Waals surface area contributed by atoms with Crippen LogP contribution in [-0.4, -0.2) is 11.0 Å². The molecule has 0 radical (unpaired) electrons. The van der Waals surface area contributed by atoms with Crippen molar-refractivity contribution in [1.82, 2.24) is 0 Å². The second-order valence-corrected chi connectivity index (χ2v) is 6.55. The molecule has 3 aromatic rings. The van der Waals surface area contributed by atoms with Crippen molar-refractivity contribution < 1.29 is 9.52 Å². The minimum absolute atomic E-state index is 0.0233. The Morgan fingerprint density at radius 2 is 1.84 bits per heavy atom. The van der Waals surface area contributed by atoms with Gasteiger partial charge in [0.25, 0.3) is 0 Å². The summed E-state index contributed by atoms with van der Waals surface area (Å²) in [5.74, 6) is 0.401. The van der Waals surface area contributed by atoms with Crippen molar-refractivity contribution >= 4 is 22.6 Å². The molecule has 0 saturated carbocycles. The highest BCUT2D eigenvalue weighted by molar-refractivity contribution is 6.17. The van der Waals surface area contributed by atoms with E-state index in [9.17, 15) is 9.90 Å². The van der Waals surface area contributed by atoms with Crippen molar-refractivity contribution in [2.75, 3.05) is 5.88 Å². The summed E-state index contributed by atoms with van der Waals surface area (Å²) >= 11 is 5.79. The van der Waals surface area contributed by atoms with Crippen molar-refractivity contribution in [2.24, 2.45) is 0 Å². The van der Waals surface area contributed by atoms with Crippen molar-refractivity contribution in [2.45, 2.75) is 32.1 Å². The molecule has 0 saturated heterocycles. The monoisotopic (exact) mass is 356 g/mol. The maximum atomic E-state index is 12.6. The first-order chi connectivity index (χ1) is 12.2. The lowest BCUT2D eigenvalue weighted by atomic mass is 9.87. The van der Waals surface area contributed by atoms with Crippen LogP contribution in [0.3, 0.4) is 0 Å². The largest absolute Gasteiger partial charge is 0.507 e. The Labute approximate surface area is 151 Å². The van der Waals surface area contributed by atoms with Crippen LogP contribution in [0.4, 0.5) is 0 Å². The SMILES string of the molecule is CCCC(c1ccc(CCCl)cc1)c1c(O)c2ccccc2oc1=O. The molecule has 1 aromatic heterocycles. The van der Waals surface area contributed by atoms with Gasteiger partial charge in [-0.15, -0.1) is 11.6 Å². The lowest BCUT2D eigenvalue weighted by Crippen LogP contribution is -2.14. The Morgan fingerprint density at radius 3 is 2.52 bits per heavy atom. The summed E-state index contributed by atoms with van der Waals surface area (Å²) in [6.45, 7) is 2.06. The van der Waals surface area contributed by atoms with Crippen LogP contribution in [0.1, 0.15) is 42.4 Å². The van der Waals surface area contributed by atoms with E-state index in [2.05, 4.69) is 6.92 Å². The molecule has 0 aliphatic rings. The van der Waals surface area contributed by atoms with Crippen LogP contribution in [0, 0.1) is 0 Å². The van der Waals surface area contributed by atoms with Crippen LogP contribution >= 0.6 is 11.6 Å². The number of hydrogen-bond donors (Lipinski definition) is 1. The minimum atomic E-state index is -0.473. The smallest absolute Gasteiger partial charge is 0.343 e. The van der Waals surface area contributed by atoms with E-state index in [1.165, 1.54) is 0 Å². The molecular formula is C21H21ClO3. The quantitative estimate of drug-likeness (QED) is 0.487. The van der Waals surface area contributed by atoms with E-state index in [0.29, 0.717) is 22.4 Å². The average molecular weight is 357 g/mol. The fourth-order valence-corrected chi connectivity index (χ4v) is 3.47. The van der Waals surface area contributed by atoms with E-state index in [1.807, 2.05) is 30.3 Å². The number of rotatable bonds is 6. The Morgan fingerprint density at radius 1 is 1.12 bits per heavy atom. The molecule has 0 aliphatic heterocycles. The van der Waals surface area contributed by atoms with E-state index in [1.54, 1.807) is 18.2 Å². The zero-order valence-corrected chi connectivity index (χ0v) is 14.9. The molecule has 3 nitrogen and oxygen atoms in total. The van der Waals surface area contributed by atoms with Crippen LogP contribution in [0.25, 0.3) is 11.0 Å². The van der Waals surface area contributed by atoms with Crippen LogP contribution in [0.5, 0.6) is 5.75 Å². The van der Waals surface area contributed by atoms with Gasteiger partial charge >= 0.3 is 5.63 Å². The van der Waals surface area contributed by atoms with Gasteiger partial charge in [0.15, 0.2) is 0 Å². The van der Waals surface area contributed by atoms with Gasteiger partial charge in [-0.05, 0) is 36.1 Å². The van der Waals surface area contributed by atoms with Crippen molar-refractivity contribution in [3.05, 3.63) is 75.6 Å². The number of benzene rings is 2. The predicted molar refractivity (Wildman–Crippen MR) is 102 cm³/mol. The van der Waals surface area contributed by atoms with Crippen LogP contribution in [0.2, 0.25) is 0 Å². The third-order valence-electron chi connectivity index (χ3n) is 4.51. The van der Waals surface area contributed by atoms with Gasteiger partial charge < -0.3 is 9.52 Å².